The molecule has 1 N–H and O–H groups in total. The number of carbonyl (C=O) groups excluding carboxylic acids is 1. The number of hydrogen-bond acceptors (Lipinski definition) is 4. The number of nitrogens with one attached hydrogen (secondary N) is 1. The fourth-order valence-corrected chi connectivity index (χ4v) is 1.78. The van der Waals surface area contributed by atoms with Crippen LogP contribution in [0.3, 0.4) is 0 Å². The van der Waals surface area contributed by atoms with E-state index in [9.17, 15) is 4.79 Å². The van der Waals surface area contributed by atoms with Gasteiger partial charge in [-0.05, 0) is 26.5 Å². The Morgan fingerprint density at radius 3 is 2.83 bits per heavy atom. The number of aryl methyl sites for hydroxylation is 1. The van der Waals surface area contributed by atoms with Crippen molar-refractivity contribution in [3.8, 4) is 0 Å². The van der Waals surface area contributed by atoms with Crippen LogP contribution in [0.25, 0.3) is 0 Å². The van der Waals surface area contributed by atoms with Crippen molar-refractivity contribution in [2.24, 2.45) is 0 Å². The number of carbonyl (C=O) groups is 1. The molecule has 0 saturated heterocycles. The molecule has 0 spiro atoms. The second-order valence-corrected chi connectivity index (χ2v) is 4.66. The molecule has 18 heavy (non-hydrogen) atoms. The average Bonchev–Trinajstić information content (AvgIpc) is 2.24. The number of aromatic nitrogens is 2. The molecule has 0 atom stereocenters. The first-order chi connectivity index (χ1) is 8.51. The molecular weight excluding hydrogens is 252 g/mol. The standard InChI is InChI=1S/C12H19ClN4O/c1-4-5-14-12(18)8-17(3)7-11-15-9(2)6-10(13)16-11/h6H,4-5,7-8H2,1-3H3,(H,14,18). The predicted molar refractivity (Wildman–Crippen MR) is 71.4 cm³/mol. The Labute approximate surface area is 113 Å². The lowest BCUT2D eigenvalue weighted by molar-refractivity contribution is -0.122. The smallest absolute Gasteiger partial charge is 0.234 e. The zero-order valence-electron chi connectivity index (χ0n) is 11.0. The summed E-state index contributed by atoms with van der Waals surface area (Å²) in [6, 6.07) is 1.71. The monoisotopic (exact) mass is 270 g/mol. The maximum absolute atomic E-state index is 11.5. The molecule has 0 unspecified atom stereocenters. The van der Waals surface area contributed by atoms with Crippen molar-refractivity contribution in [1.82, 2.24) is 20.2 Å². The van der Waals surface area contributed by atoms with Crippen LogP contribution in [0.5, 0.6) is 0 Å². The first-order valence-electron chi connectivity index (χ1n) is 5.96. The minimum atomic E-state index is 0.0121. The Bertz CT molecular complexity index is 391. The summed E-state index contributed by atoms with van der Waals surface area (Å²) < 4.78 is 0. The van der Waals surface area contributed by atoms with Crippen LogP contribution < -0.4 is 5.32 Å². The molecule has 1 amide bonds. The lowest BCUT2D eigenvalue weighted by Crippen LogP contribution is -2.35. The van der Waals surface area contributed by atoms with Crippen LogP contribution in [0.15, 0.2) is 6.07 Å². The number of amides is 1. The summed E-state index contributed by atoms with van der Waals surface area (Å²) >= 11 is 5.86. The van der Waals surface area contributed by atoms with E-state index in [4.69, 9.17) is 11.6 Å². The van der Waals surface area contributed by atoms with Crippen molar-refractivity contribution in [2.75, 3.05) is 20.1 Å². The van der Waals surface area contributed by atoms with Crippen molar-refractivity contribution in [1.29, 1.82) is 0 Å². The highest BCUT2D eigenvalue weighted by atomic mass is 35.5. The van der Waals surface area contributed by atoms with Crippen LogP contribution in [0, 0.1) is 6.92 Å². The third-order valence-electron chi connectivity index (χ3n) is 2.27. The van der Waals surface area contributed by atoms with E-state index < -0.39 is 0 Å². The van der Waals surface area contributed by atoms with Crippen molar-refractivity contribution in [2.45, 2.75) is 26.8 Å². The molecule has 0 fully saturated rings. The van der Waals surface area contributed by atoms with E-state index in [0.717, 1.165) is 12.1 Å². The maximum atomic E-state index is 11.5. The minimum Gasteiger partial charge on any atom is -0.355 e. The lowest BCUT2D eigenvalue weighted by atomic mass is 10.4. The summed E-state index contributed by atoms with van der Waals surface area (Å²) in [6.07, 6.45) is 0.937. The predicted octanol–water partition coefficient (Wildman–Crippen LogP) is 1.40. The molecule has 1 aromatic rings. The third-order valence-corrected chi connectivity index (χ3v) is 2.46. The Kier molecular flexibility index (Phi) is 6.01. The summed E-state index contributed by atoms with van der Waals surface area (Å²) in [6.45, 7) is 5.42. The SMILES string of the molecule is CCCNC(=O)CN(C)Cc1nc(C)cc(Cl)n1. The Balaban J connectivity index is 2.48. The zero-order valence-corrected chi connectivity index (χ0v) is 11.8. The van der Waals surface area contributed by atoms with Gasteiger partial charge in [-0.2, -0.15) is 0 Å². The quantitative estimate of drug-likeness (QED) is 0.794. The Morgan fingerprint density at radius 1 is 1.50 bits per heavy atom. The van der Waals surface area contributed by atoms with Crippen molar-refractivity contribution in [3.05, 3.63) is 22.7 Å². The highest BCUT2D eigenvalue weighted by Gasteiger charge is 2.09. The van der Waals surface area contributed by atoms with E-state index in [1.165, 1.54) is 0 Å². The van der Waals surface area contributed by atoms with Gasteiger partial charge in [0, 0.05) is 12.2 Å². The van der Waals surface area contributed by atoms with Crippen LogP contribution in [0.2, 0.25) is 5.15 Å². The van der Waals surface area contributed by atoms with Crippen LogP contribution in [0.1, 0.15) is 24.9 Å². The number of rotatable bonds is 6. The largest absolute Gasteiger partial charge is 0.355 e. The minimum absolute atomic E-state index is 0.0121. The maximum Gasteiger partial charge on any atom is 0.234 e. The van der Waals surface area contributed by atoms with Crippen molar-refractivity contribution < 1.29 is 4.79 Å². The van der Waals surface area contributed by atoms with Gasteiger partial charge in [0.25, 0.3) is 0 Å². The molecule has 1 rings (SSSR count). The van der Waals surface area contributed by atoms with Gasteiger partial charge in [0.2, 0.25) is 5.91 Å². The number of nitrogens with zero attached hydrogens (tertiary/aromatic N) is 3. The Morgan fingerprint density at radius 2 is 2.22 bits per heavy atom. The number of likely N-dealkylation sites (N-methyl/N-ethyl adjacent to an activating group) is 1. The zero-order chi connectivity index (χ0) is 13.5. The van der Waals surface area contributed by atoms with Crippen LogP contribution in [0.4, 0.5) is 0 Å². The molecule has 0 aliphatic rings. The molecule has 0 bridgehead atoms. The summed E-state index contributed by atoms with van der Waals surface area (Å²) in [5.41, 5.74) is 0.828. The van der Waals surface area contributed by atoms with Gasteiger partial charge in [0.1, 0.15) is 11.0 Å². The fraction of sp³-hybridized carbons (Fsp3) is 0.583. The molecule has 5 nitrogen and oxygen atoms in total. The van der Waals surface area contributed by atoms with Gasteiger partial charge in [-0.1, -0.05) is 18.5 Å². The number of hydrogen-bond donors (Lipinski definition) is 1. The molecule has 1 aromatic heterocycles. The van der Waals surface area contributed by atoms with Crippen molar-refractivity contribution >= 4 is 17.5 Å². The summed E-state index contributed by atoms with van der Waals surface area (Å²) in [4.78, 5) is 21.8. The fourth-order valence-electron chi connectivity index (χ4n) is 1.52. The van der Waals surface area contributed by atoms with Gasteiger partial charge < -0.3 is 5.32 Å². The molecular formula is C12H19ClN4O. The highest BCUT2D eigenvalue weighted by Crippen LogP contribution is 2.07. The Hall–Kier alpha value is -1.20. The normalized spacial score (nSPS) is 10.7. The van der Waals surface area contributed by atoms with Crippen LogP contribution >= 0.6 is 11.6 Å². The van der Waals surface area contributed by atoms with Gasteiger partial charge >= 0.3 is 0 Å². The second kappa shape index (κ2) is 7.28. The first kappa shape index (κ1) is 14.9. The lowest BCUT2D eigenvalue weighted by Gasteiger charge is -2.15. The van der Waals surface area contributed by atoms with Gasteiger partial charge in [-0.25, -0.2) is 9.97 Å². The molecule has 1 heterocycles. The molecule has 0 saturated carbocycles. The molecule has 6 heteroatoms. The van der Waals surface area contributed by atoms with E-state index in [-0.39, 0.29) is 5.91 Å². The van der Waals surface area contributed by atoms with Crippen LogP contribution in [-0.4, -0.2) is 40.9 Å². The van der Waals surface area contributed by atoms with Crippen molar-refractivity contribution in [3.63, 3.8) is 0 Å². The van der Waals surface area contributed by atoms with E-state index in [1.807, 2.05) is 25.8 Å². The molecule has 0 aliphatic heterocycles. The molecule has 0 aromatic carbocycles. The molecule has 100 valence electrons. The van der Waals surface area contributed by atoms with Gasteiger partial charge in [0.15, 0.2) is 0 Å². The van der Waals surface area contributed by atoms with Gasteiger partial charge in [-0.15, -0.1) is 0 Å². The second-order valence-electron chi connectivity index (χ2n) is 4.27. The third kappa shape index (κ3) is 5.42. The molecule has 0 radical (unpaired) electrons. The first-order valence-corrected chi connectivity index (χ1v) is 6.34. The summed E-state index contributed by atoms with van der Waals surface area (Å²) in [5.74, 6) is 0.642. The van der Waals surface area contributed by atoms with Gasteiger partial charge in [-0.3, -0.25) is 9.69 Å². The topological polar surface area (TPSA) is 58.1 Å². The summed E-state index contributed by atoms with van der Waals surface area (Å²) in [5, 5.41) is 3.26. The average molecular weight is 271 g/mol. The number of halogens is 1. The molecule has 0 aliphatic carbocycles. The highest BCUT2D eigenvalue weighted by molar-refractivity contribution is 6.29. The van der Waals surface area contributed by atoms with Crippen LogP contribution in [-0.2, 0) is 11.3 Å². The van der Waals surface area contributed by atoms with E-state index in [0.29, 0.717) is 30.6 Å². The van der Waals surface area contributed by atoms with Gasteiger partial charge in [0.05, 0.1) is 13.1 Å². The van der Waals surface area contributed by atoms with E-state index >= 15 is 0 Å². The summed E-state index contributed by atoms with van der Waals surface area (Å²) in [7, 11) is 1.85. The van der Waals surface area contributed by atoms with E-state index in [2.05, 4.69) is 15.3 Å². The van der Waals surface area contributed by atoms with E-state index in [1.54, 1.807) is 6.07 Å².